The number of piperidine rings is 1. The Kier molecular flexibility index (Phi) is 11.4. The van der Waals surface area contributed by atoms with Gasteiger partial charge in [0.1, 0.15) is 18.6 Å². The summed E-state index contributed by atoms with van der Waals surface area (Å²) in [5.41, 5.74) is 7.27. The number of urea groups is 1. The minimum atomic E-state index is -1.12. The molecule has 0 unspecified atom stereocenters. The van der Waals surface area contributed by atoms with Crippen LogP contribution in [0.25, 0.3) is 0 Å². The number of rotatable bonds is 9. The topological polar surface area (TPSA) is 180 Å². The quantitative estimate of drug-likeness (QED) is 0.181. The molecule has 5 N–H and O–H groups in total. The maximum absolute atomic E-state index is 12.4. The van der Waals surface area contributed by atoms with Crippen LogP contribution in [0.4, 0.5) is 4.79 Å². The molecule has 184 valence electrons. The van der Waals surface area contributed by atoms with Gasteiger partial charge in [-0.15, -0.1) is 0 Å². The molecule has 0 saturated carbocycles. The number of amides is 6. The zero-order valence-electron chi connectivity index (χ0n) is 19.1. The molecule has 1 aliphatic rings. The van der Waals surface area contributed by atoms with E-state index in [9.17, 15) is 28.8 Å². The molecule has 0 aromatic carbocycles. The molecule has 1 rings (SSSR count). The van der Waals surface area contributed by atoms with Gasteiger partial charge in [-0.3, -0.25) is 24.6 Å². The van der Waals surface area contributed by atoms with Gasteiger partial charge in [-0.25, -0.2) is 14.6 Å². The van der Waals surface area contributed by atoms with E-state index in [0.29, 0.717) is 18.1 Å². The first-order chi connectivity index (χ1) is 15.5. The Morgan fingerprint density at radius 3 is 2.15 bits per heavy atom. The van der Waals surface area contributed by atoms with Gasteiger partial charge in [-0.1, -0.05) is 0 Å². The average Bonchev–Trinajstić information content (AvgIpc) is 2.77. The SMILES string of the molecule is CCOC(=O)/C=C/C(=O)N(CC(N)=O)NC(=O)[C@H](C)NC(=O)[C@H](C)NC(=O)N1CCCCC1. The van der Waals surface area contributed by atoms with E-state index >= 15 is 0 Å². The number of nitrogens with zero attached hydrogens (tertiary/aromatic N) is 2. The lowest BCUT2D eigenvalue weighted by molar-refractivity contribution is -0.142. The zero-order chi connectivity index (χ0) is 25.0. The number of nitrogens with one attached hydrogen (secondary N) is 3. The molecule has 1 aliphatic heterocycles. The summed E-state index contributed by atoms with van der Waals surface area (Å²) >= 11 is 0. The smallest absolute Gasteiger partial charge is 0.330 e. The molecule has 2 atom stereocenters. The number of carbonyl (C=O) groups is 6. The number of hydrazine groups is 1. The molecule has 0 aliphatic carbocycles. The van der Waals surface area contributed by atoms with Crippen molar-refractivity contribution >= 4 is 35.6 Å². The van der Waals surface area contributed by atoms with Crippen LogP contribution >= 0.6 is 0 Å². The highest BCUT2D eigenvalue weighted by Gasteiger charge is 2.25. The van der Waals surface area contributed by atoms with E-state index < -0.39 is 48.2 Å². The molecule has 13 heteroatoms. The molecule has 1 fully saturated rings. The zero-order valence-corrected chi connectivity index (χ0v) is 19.1. The predicted molar refractivity (Wildman–Crippen MR) is 116 cm³/mol. The maximum Gasteiger partial charge on any atom is 0.330 e. The maximum atomic E-state index is 12.4. The Morgan fingerprint density at radius 1 is 0.970 bits per heavy atom. The summed E-state index contributed by atoms with van der Waals surface area (Å²) < 4.78 is 4.65. The number of carbonyl (C=O) groups excluding carboxylic acids is 6. The second-order valence-electron chi connectivity index (χ2n) is 7.40. The van der Waals surface area contributed by atoms with Crippen LogP contribution in [0.15, 0.2) is 12.2 Å². The van der Waals surface area contributed by atoms with Crippen molar-refractivity contribution in [1.82, 2.24) is 26.0 Å². The van der Waals surface area contributed by atoms with Gasteiger partial charge >= 0.3 is 12.0 Å². The van der Waals surface area contributed by atoms with Crippen LogP contribution in [-0.2, 0) is 28.7 Å². The van der Waals surface area contributed by atoms with Gasteiger partial charge in [0.25, 0.3) is 11.8 Å². The summed E-state index contributed by atoms with van der Waals surface area (Å²) in [7, 11) is 0. The molecule has 0 radical (unpaired) electrons. The molecule has 0 bridgehead atoms. The summed E-state index contributed by atoms with van der Waals surface area (Å²) in [6.45, 7) is 5.09. The standard InChI is InChI=1S/C20H32N6O7/c1-4-33-17(29)9-8-16(28)26(12-15(21)27)24-19(31)14(3)22-18(30)13(2)23-20(32)25-10-6-5-7-11-25/h8-9,13-14H,4-7,10-12H2,1-3H3,(H2,21,27)(H,22,30)(H,23,32)(H,24,31)/b9-8+/t13-,14-/m0/s1. The number of esters is 1. The highest BCUT2D eigenvalue weighted by molar-refractivity contribution is 5.98. The van der Waals surface area contributed by atoms with Crippen molar-refractivity contribution in [1.29, 1.82) is 0 Å². The molecular weight excluding hydrogens is 436 g/mol. The normalized spacial score (nSPS) is 15.2. The first-order valence-corrected chi connectivity index (χ1v) is 10.7. The van der Waals surface area contributed by atoms with Crippen LogP contribution in [0, 0.1) is 0 Å². The lowest BCUT2D eigenvalue weighted by Crippen LogP contribution is -2.57. The highest BCUT2D eigenvalue weighted by atomic mass is 16.5. The van der Waals surface area contributed by atoms with Gasteiger partial charge in [0.05, 0.1) is 6.61 Å². The third-order valence-electron chi connectivity index (χ3n) is 4.60. The van der Waals surface area contributed by atoms with Gasteiger partial charge in [-0.2, -0.15) is 0 Å². The second-order valence-corrected chi connectivity index (χ2v) is 7.40. The van der Waals surface area contributed by atoms with E-state index in [-0.39, 0.29) is 12.6 Å². The Morgan fingerprint density at radius 2 is 1.58 bits per heavy atom. The van der Waals surface area contributed by atoms with Crippen molar-refractivity contribution in [2.75, 3.05) is 26.2 Å². The number of primary amides is 1. The molecule has 0 spiro atoms. The van der Waals surface area contributed by atoms with Crippen molar-refractivity contribution in [2.24, 2.45) is 5.73 Å². The van der Waals surface area contributed by atoms with Crippen LogP contribution in [0.5, 0.6) is 0 Å². The van der Waals surface area contributed by atoms with Crippen LogP contribution in [-0.4, -0.2) is 83.9 Å². The Balaban J connectivity index is 2.64. The van der Waals surface area contributed by atoms with Crippen molar-refractivity contribution in [2.45, 2.75) is 52.1 Å². The van der Waals surface area contributed by atoms with Gasteiger partial charge in [0.2, 0.25) is 11.8 Å². The Labute approximate surface area is 192 Å². The van der Waals surface area contributed by atoms with Crippen molar-refractivity contribution in [3.63, 3.8) is 0 Å². The predicted octanol–water partition coefficient (Wildman–Crippen LogP) is -1.46. The largest absolute Gasteiger partial charge is 0.463 e. The van der Waals surface area contributed by atoms with Gasteiger partial charge in [0, 0.05) is 25.2 Å². The molecule has 0 aromatic rings. The van der Waals surface area contributed by atoms with Gasteiger partial charge in [0.15, 0.2) is 0 Å². The van der Waals surface area contributed by atoms with E-state index in [2.05, 4.69) is 20.8 Å². The number of nitrogens with two attached hydrogens (primary N) is 1. The van der Waals surface area contributed by atoms with Crippen molar-refractivity contribution in [3.05, 3.63) is 12.2 Å². The fourth-order valence-corrected chi connectivity index (χ4v) is 2.82. The average molecular weight is 469 g/mol. The number of hydrogen-bond donors (Lipinski definition) is 4. The first-order valence-electron chi connectivity index (χ1n) is 10.7. The van der Waals surface area contributed by atoms with Crippen molar-refractivity contribution < 1.29 is 33.5 Å². The Bertz CT molecular complexity index is 779. The number of likely N-dealkylation sites (tertiary alicyclic amines) is 1. The fraction of sp³-hybridized carbons (Fsp3) is 0.600. The van der Waals surface area contributed by atoms with Crippen LogP contribution in [0.3, 0.4) is 0 Å². The Hall–Kier alpha value is -3.64. The number of ether oxygens (including phenoxy) is 1. The first kappa shape index (κ1) is 27.4. The summed E-state index contributed by atoms with van der Waals surface area (Å²) in [6, 6.07) is -2.39. The fourth-order valence-electron chi connectivity index (χ4n) is 2.82. The molecule has 33 heavy (non-hydrogen) atoms. The molecule has 0 aromatic heterocycles. The van der Waals surface area contributed by atoms with E-state index in [1.165, 1.54) is 13.8 Å². The van der Waals surface area contributed by atoms with E-state index in [1.54, 1.807) is 11.8 Å². The summed E-state index contributed by atoms with van der Waals surface area (Å²) in [6.07, 6.45) is 4.51. The van der Waals surface area contributed by atoms with Gasteiger partial charge < -0.3 is 26.0 Å². The van der Waals surface area contributed by atoms with E-state index in [4.69, 9.17) is 5.73 Å². The van der Waals surface area contributed by atoms with Crippen LogP contribution in [0.1, 0.15) is 40.0 Å². The summed E-state index contributed by atoms with van der Waals surface area (Å²) in [5.74, 6) is -4.04. The summed E-state index contributed by atoms with van der Waals surface area (Å²) in [4.78, 5) is 73.5. The van der Waals surface area contributed by atoms with E-state index in [1.807, 2.05) is 0 Å². The highest BCUT2D eigenvalue weighted by Crippen LogP contribution is 2.08. The molecule has 1 heterocycles. The molecular formula is C20H32N6O7. The lowest BCUT2D eigenvalue weighted by atomic mass is 10.1. The monoisotopic (exact) mass is 468 g/mol. The second kappa shape index (κ2) is 13.7. The molecule has 6 amide bonds. The van der Waals surface area contributed by atoms with Crippen LogP contribution in [0.2, 0.25) is 0 Å². The van der Waals surface area contributed by atoms with Gasteiger partial charge in [-0.05, 0) is 40.0 Å². The van der Waals surface area contributed by atoms with Crippen molar-refractivity contribution in [3.8, 4) is 0 Å². The minimum Gasteiger partial charge on any atom is -0.463 e. The number of hydrogen-bond acceptors (Lipinski definition) is 7. The van der Waals surface area contributed by atoms with E-state index in [0.717, 1.165) is 31.4 Å². The van der Waals surface area contributed by atoms with Crippen LogP contribution < -0.4 is 21.8 Å². The lowest BCUT2D eigenvalue weighted by Gasteiger charge is -2.28. The third-order valence-corrected chi connectivity index (χ3v) is 4.60. The summed E-state index contributed by atoms with van der Waals surface area (Å²) in [5, 5.41) is 5.60. The molecule has 13 nitrogen and oxygen atoms in total. The third kappa shape index (κ3) is 10.0. The minimum absolute atomic E-state index is 0.104. The molecule has 1 saturated heterocycles.